The molecular formula is C43H29N3O. The van der Waals surface area contributed by atoms with Crippen LogP contribution in [0.4, 0.5) is 0 Å². The molecule has 1 aliphatic rings. The minimum Gasteiger partial charge on any atom is -0.452 e. The van der Waals surface area contributed by atoms with Crippen LogP contribution in [0.2, 0.25) is 0 Å². The van der Waals surface area contributed by atoms with Gasteiger partial charge in [0.2, 0.25) is 0 Å². The van der Waals surface area contributed by atoms with Gasteiger partial charge >= 0.3 is 0 Å². The van der Waals surface area contributed by atoms with Gasteiger partial charge in [-0.25, -0.2) is 9.97 Å². The maximum absolute atomic E-state index is 6.42. The highest BCUT2D eigenvalue weighted by molar-refractivity contribution is 6.13. The van der Waals surface area contributed by atoms with Crippen molar-refractivity contribution in [2.75, 3.05) is 0 Å². The highest BCUT2D eigenvalue weighted by Gasteiger charge is 2.38. The van der Waals surface area contributed by atoms with Crippen molar-refractivity contribution >= 4 is 43.9 Å². The minimum absolute atomic E-state index is 0.140. The standard InChI is InChI=1S/C43H29N3O/c1-43(2)34-17-9-6-14-29(34)31-24-25-32-30-15-7-10-18-35(30)46(40(32)37(31)43)28-22-20-26(21-23-28)38-41-39(33-16-8-11-19-36(33)47-41)45-42(44-38)27-12-4-3-5-13-27/h3-25H,1-2H3. The molecule has 0 saturated carbocycles. The van der Waals surface area contributed by atoms with Crippen molar-refractivity contribution in [3.63, 3.8) is 0 Å². The first kappa shape index (κ1) is 26.2. The van der Waals surface area contributed by atoms with E-state index in [1.807, 2.05) is 36.4 Å². The van der Waals surface area contributed by atoms with Gasteiger partial charge < -0.3 is 8.98 Å². The molecule has 0 N–H and O–H groups in total. The molecule has 47 heavy (non-hydrogen) atoms. The van der Waals surface area contributed by atoms with Crippen LogP contribution >= 0.6 is 0 Å². The monoisotopic (exact) mass is 603 g/mol. The molecule has 3 aromatic heterocycles. The molecule has 0 amide bonds. The van der Waals surface area contributed by atoms with Crippen molar-refractivity contribution in [2.45, 2.75) is 19.3 Å². The third-order valence-corrected chi connectivity index (χ3v) is 10.0. The number of benzene rings is 6. The van der Waals surface area contributed by atoms with E-state index < -0.39 is 0 Å². The quantitative estimate of drug-likeness (QED) is 0.202. The van der Waals surface area contributed by atoms with Gasteiger partial charge in [-0.05, 0) is 52.6 Å². The van der Waals surface area contributed by atoms with Crippen molar-refractivity contribution in [1.29, 1.82) is 0 Å². The van der Waals surface area contributed by atoms with Gasteiger partial charge in [-0.15, -0.1) is 0 Å². The molecule has 3 heterocycles. The van der Waals surface area contributed by atoms with E-state index in [2.05, 4.69) is 122 Å². The first-order valence-electron chi connectivity index (χ1n) is 16.1. The lowest BCUT2D eigenvalue weighted by molar-refractivity contribution is 0.664. The van der Waals surface area contributed by atoms with Crippen molar-refractivity contribution < 1.29 is 4.42 Å². The van der Waals surface area contributed by atoms with E-state index in [9.17, 15) is 0 Å². The van der Waals surface area contributed by atoms with E-state index in [1.54, 1.807) is 0 Å². The van der Waals surface area contributed by atoms with Crippen LogP contribution in [-0.4, -0.2) is 14.5 Å². The molecule has 6 aromatic carbocycles. The van der Waals surface area contributed by atoms with Gasteiger partial charge in [0.1, 0.15) is 16.8 Å². The Kier molecular flexibility index (Phi) is 5.31. The largest absolute Gasteiger partial charge is 0.452 e. The molecule has 0 spiro atoms. The number of furan rings is 1. The Balaban J connectivity index is 1.21. The third-order valence-electron chi connectivity index (χ3n) is 10.0. The van der Waals surface area contributed by atoms with Gasteiger partial charge in [0, 0.05) is 38.4 Å². The number of hydrogen-bond acceptors (Lipinski definition) is 3. The second-order valence-corrected chi connectivity index (χ2v) is 13.0. The smallest absolute Gasteiger partial charge is 0.180 e. The third kappa shape index (κ3) is 3.64. The van der Waals surface area contributed by atoms with Crippen LogP contribution in [0.25, 0.3) is 83.3 Å². The number of rotatable bonds is 3. The Morgan fingerprint density at radius 2 is 1.30 bits per heavy atom. The molecule has 0 radical (unpaired) electrons. The van der Waals surface area contributed by atoms with Crippen LogP contribution in [-0.2, 0) is 5.41 Å². The van der Waals surface area contributed by atoms with E-state index in [4.69, 9.17) is 14.4 Å². The fraction of sp³-hybridized carbons (Fsp3) is 0.0698. The average Bonchev–Trinajstić information content (AvgIpc) is 3.74. The van der Waals surface area contributed by atoms with E-state index >= 15 is 0 Å². The van der Waals surface area contributed by atoms with Crippen LogP contribution in [0, 0.1) is 0 Å². The van der Waals surface area contributed by atoms with Crippen molar-refractivity contribution in [3.05, 3.63) is 151 Å². The fourth-order valence-corrected chi connectivity index (χ4v) is 7.85. The highest BCUT2D eigenvalue weighted by atomic mass is 16.3. The molecule has 4 heteroatoms. The second kappa shape index (κ2) is 9.51. The summed E-state index contributed by atoms with van der Waals surface area (Å²) in [7, 11) is 0. The molecule has 1 aliphatic carbocycles. The molecule has 0 unspecified atom stereocenters. The fourth-order valence-electron chi connectivity index (χ4n) is 7.85. The zero-order valence-corrected chi connectivity index (χ0v) is 26.0. The Morgan fingerprint density at radius 3 is 2.15 bits per heavy atom. The molecule has 0 saturated heterocycles. The summed E-state index contributed by atoms with van der Waals surface area (Å²) in [6.45, 7) is 4.72. The first-order valence-corrected chi connectivity index (χ1v) is 16.1. The summed E-state index contributed by atoms with van der Waals surface area (Å²) in [5.74, 6) is 0.684. The van der Waals surface area contributed by atoms with E-state index in [0.717, 1.165) is 39.0 Å². The van der Waals surface area contributed by atoms with Gasteiger partial charge in [0.05, 0.1) is 11.0 Å². The summed E-state index contributed by atoms with van der Waals surface area (Å²) in [6.07, 6.45) is 0. The number of fused-ring (bicyclic) bond motifs is 10. The van der Waals surface area contributed by atoms with E-state index in [1.165, 1.54) is 44.1 Å². The Bertz CT molecular complexity index is 2700. The summed E-state index contributed by atoms with van der Waals surface area (Å²) in [5.41, 5.74) is 13.9. The SMILES string of the molecule is CC1(C)c2ccccc2-c2ccc3c4ccccc4n(-c4ccc(-c5nc(-c6ccccc6)nc6c5oc5ccccc56)cc4)c3c21. The molecule has 10 rings (SSSR count). The molecule has 0 fully saturated rings. The van der Waals surface area contributed by atoms with E-state index in [-0.39, 0.29) is 5.41 Å². The predicted molar refractivity (Wildman–Crippen MR) is 192 cm³/mol. The first-order chi connectivity index (χ1) is 23.1. The predicted octanol–water partition coefficient (Wildman–Crippen LogP) is 11.1. The van der Waals surface area contributed by atoms with Crippen molar-refractivity contribution in [1.82, 2.24) is 14.5 Å². The number of hydrogen-bond donors (Lipinski definition) is 0. The highest BCUT2D eigenvalue weighted by Crippen LogP contribution is 2.53. The zero-order chi connectivity index (χ0) is 31.3. The van der Waals surface area contributed by atoms with E-state index in [0.29, 0.717) is 11.4 Å². The van der Waals surface area contributed by atoms with Gasteiger partial charge in [-0.3, -0.25) is 0 Å². The van der Waals surface area contributed by atoms with Gasteiger partial charge in [0.15, 0.2) is 11.4 Å². The lowest BCUT2D eigenvalue weighted by Gasteiger charge is -2.23. The second-order valence-electron chi connectivity index (χ2n) is 13.0. The molecule has 0 aliphatic heterocycles. The molecule has 0 bridgehead atoms. The Morgan fingerprint density at radius 1 is 0.574 bits per heavy atom. The molecule has 222 valence electrons. The van der Waals surface area contributed by atoms with Crippen LogP contribution in [0.3, 0.4) is 0 Å². The average molecular weight is 604 g/mol. The summed E-state index contributed by atoms with van der Waals surface area (Å²) >= 11 is 0. The minimum atomic E-state index is -0.140. The lowest BCUT2D eigenvalue weighted by Crippen LogP contribution is -2.16. The molecule has 9 aromatic rings. The topological polar surface area (TPSA) is 43.9 Å². The Labute approximate surface area is 271 Å². The number of nitrogens with zero attached hydrogens (tertiary/aromatic N) is 3. The summed E-state index contributed by atoms with van der Waals surface area (Å²) in [6, 6.07) is 49.3. The van der Waals surface area contributed by atoms with Gasteiger partial charge in [-0.1, -0.05) is 123 Å². The van der Waals surface area contributed by atoms with Crippen LogP contribution in [0.15, 0.2) is 144 Å². The molecule has 4 nitrogen and oxygen atoms in total. The lowest BCUT2D eigenvalue weighted by atomic mass is 9.81. The summed E-state index contributed by atoms with van der Waals surface area (Å²) in [4.78, 5) is 10.1. The Hall–Kier alpha value is -6.00. The number of aromatic nitrogens is 3. The van der Waals surface area contributed by atoms with Gasteiger partial charge in [0.25, 0.3) is 0 Å². The maximum Gasteiger partial charge on any atom is 0.180 e. The zero-order valence-electron chi connectivity index (χ0n) is 26.0. The molecular weight excluding hydrogens is 574 g/mol. The summed E-state index contributed by atoms with van der Waals surface area (Å²) < 4.78 is 8.87. The van der Waals surface area contributed by atoms with Crippen molar-refractivity contribution in [2.24, 2.45) is 0 Å². The normalized spacial score (nSPS) is 13.5. The maximum atomic E-state index is 6.42. The van der Waals surface area contributed by atoms with Crippen LogP contribution in [0.1, 0.15) is 25.0 Å². The van der Waals surface area contributed by atoms with Crippen LogP contribution in [0.5, 0.6) is 0 Å². The van der Waals surface area contributed by atoms with Gasteiger partial charge in [-0.2, -0.15) is 0 Å². The molecule has 0 atom stereocenters. The van der Waals surface area contributed by atoms with Crippen molar-refractivity contribution in [3.8, 4) is 39.5 Å². The number of para-hydroxylation sites is 2. The summed E-state index contributed by atoms with van der Waals surface area (Å²) in [5, 5.41) is 3.52. The van der Waals surface area contributed by atoms with Crippen LogP contribution < -0.4 is 0 Å².